The van der Waals surface area contributed by atoms with Crippen LogP contribution in [0, 0.1) is 10.1 Å². The average Bonchev–Trinajstić information content (AvgIpc) is 3.05. The van der Waals surface area contributed by atoms with Crippen LogP contribution in [0.1, 0.15) is 27.6 Å². The van der Waals surface area contributed by atoms with Crippen molar-refractivity contribution in [3.63, 3.8) is 0 Å². The van der Waals surface area contributed by atoms with Crippen molar-refractivity contribution in [1.82, 2.24) is 0 Å². The number of thiophene rings is 1. The number of anilines is 1. The molecular formula is C16H16N2O7S. The number of nitrogens with zero attached hydrogens (tertiary/aromatic N) is 1. The topological polar surface area (TPSA) is 117 Å². The number of hydrogen-bond donors (Lipinski definition) is 1. The lowest BCUT2D eigenvalue weighted by atomic mass is 10.2. The van der Waals surface area contributed by atoms with Gasteiger partial charge in [-0.05, 0) is 36.5 Å². The highest BCUT2D eigenvalue weighted by Crippen LogP contribution is 2.35. The molecule has 0 unspecified atom stereocenters. The van der Waals surface area contributed by atoms with E-state index in [2.05, 4.69) is 5.32 Å². The van der Waals surface area contributed by atoms with Crippen LogP contribution in [-0.4, -0.2) is 37.6 Å². The second kappa shape index (κ2) is 8.30. The van der Waals surface area contributed by atoms with Gasteiger partial charge in [-0.15, -0.1) is 0 Å². The molecule has 0 spiro atoms. The standard InChI is InChI=1S/C16H16N2O7S/c1-4-25-16(20)10-8-13(18(21)22)26-15(10)17-14(19)9-5-6-11(23-2)12(7-9)24-3/h5-8H,4H2,1-3H3,(H,17,19). The van der Waals surface area contributed by atoms with Crippen molar-refractivity contribution in [3.05, 3.63) is 45.5 Å². The Labute approximate surface area is 152 Å². The predicted molar refractivity (Wildman–Crippen MR) is 94.4 cm³/mol. The molecule has 0 bridgehead atoms. The van der Waals surface area contributed by atoms with E-state index >= 15 is 0 Å². The van der Waals surface area contributed by atoms with Crippen molar-refractivity contribution in [2.45, 2.75) is 6.92 Å². The Kier molecular flexibility index (Phi) is 6.12. The molecule has 0 saturated carbocycles. The number of methoxy groups -OCH3 is 2. The van der Waals surface area contributed by atoms with Gasteiger partial charge in [0.15, 0.2) is 11.5 Å². The summed E-state index contributed by atoms with van der Waals surface area (Å²) in [6.45, 7) is 1.71. The van der Waals surface area contributed by atoms with Crippen molar-refractivity contribution in [2.75, 3.05) is 26.1 Å². The van der Waals surface area contributed by atoms with E-state index in [1.54, 1.807) is 13.0 Å². The molecule has 10 heteroatoms. The minimum atomic E-state index is -0.750. The summed E-state index contributed by atoms with van der Waals surface area (Å²) in [5.74, 6) is -0.515. The minimum Gasteiger partial charge on any atom is -0.493 e. The summed E-state index contributed by atoms with van der Waals surface area (Å²) in [6, 6.07) is 5.59. The Morgan fingerprint density at radius 2 is 1.88 bits per heavy atom. The van der Waals surface area contributed by atoms with E-state index < -0.39 is 16.8 Å². The van der Waals surface area contributed by atoms with Crippen LogP contribution >= 0.6 is 11.3 Å². The SMILES string of the molecule is CCOC(=O)c1cc([N+](=O)[O-])sc1NC(=O)c1ccc(OC)c(OC)c1. The van der Waals surface area contributed by atoms with Gasteiger partial charge in [-0.1, -0.05) is 0 Å². The molecule has 1 amide bonds. The van der Waals surface area contributed by atoms with Crippen LogP contribution in [0.15, 0.2) is 24.3 Å². The Morgan fingerprint density at radius 3 is 2.46 bits per heavy atom. The zero-order chi connectivity index (χ0) is 19.3. The van der Waals surface area contributed by atoms with Crippen molar-refractivity contribution in [1.29, 1.82) is 0 Å². The first-order valence-electron chi connectivity index (χ1n) is 7.40. The molecular weight excluding hydrogens is 364 g/mol. The normalized spacial score (nSPS) is 10.1. The van der Waals surface area contributed by atoms with E-state index in [4.69, 9.17) is 14.2 Å². The van der Waals surface area contributed by atoms with E-state index in [1.807, 2.05) is 0 Å². The molecule has 1 aromatic heterocycles. The van der Waals surface area contributed by atoms with Crippen LogP contribution in [0.25, 0.3) is 0 Å². The van der Waals surface area contributed by atoms with Crippen LogP contribution in [0.3, 0.4) is 0 Å². The maximum atomic E-state index is 12.5. The summed E-state index contributed by atoms with van der Waals surface area (Å²) in [5.41, 5.74) is 0.158. The van der Waals surface area contributed by atoms with Crippen LogP contribution in [0.2, 0.25) is 0 Å². The van der Waals surface area contributed by atoms with Crippen LogP contribution in [-0.2, 0) is 4.74 Å². The number of esters is 1. The third-order valence-corrected chi connectivity index (χ3v) is 4.27. The number of amides is 1. The summed E-state index contributed by atoms with van der Waals surface area (Å²) in [6.07, 6.45) is 0. The number of nitrogens with one attached hydrogen (secondary N) is 1. The highest BCUT2D eigenvalue weighted by Gasteiger charge is 2.24. The van der Waals surface area contributed by atoms with Gasteiger partial charge in [-0.2, -0.15) is 0 Å². The lowest BCUT2D eigenvalue weighted by Crippen LogP contribution is -2.14. The van der Waals surface area contributed by atoms with Gasteiger partial charge in [0.25, 0.3) is 5.91 Å². The monoisotopic (exact) mass is 380 g/mol. The number of hydrogen-bond acceptors (Lipinski definition) is 8. The minimum absolute atomic E-state index is 0.0370. The van der Waals surface area contributed by atoms with E-state index in [1.165, 1.54) is 26.4 Å². The fourth-order valence-electron chi connectivity index (χ4n) is 2.07. The quantitative estimate of drug-likeness (QED) is 0.445. The van der Waals surface area contributed by atoms with E-state index in [0.717, 1.165) is 6.07 Å². The van der Waals surface area contributed by atoms with Crippen LogP contribution in [0.4, 0.5) is 10.0 Å². The van der Waals surface area contributed by atoms with Gasteiger partial charge in [0.1, 0.15) is 10.6 Å². The Hall–Kier alpha value is -3.14. The van der Waals surface area contributed by atoms with Crippen LogP contribution < -0.4 is 14.8 Å². The third-order valence-electron chi connectivity index (χ3n) is 3.27. The first-order valence-corrected chi connectivity index (χ1v) is 8.21. The molecule has 0 aliphatic carbocycles. The fraction of sp³-hybridized carbons (Fsp3) is 0.250. The molecule has 0 aliphatic rings. The molecule has 2 rings (SSSR count). The highest BCUT2D eigenvalue weighted by molar-refractivity contribution is 7.19. The molecule has 1 aromatic carbocycles. The predicted octanol–water partition coefficient (Wildman–Crippen LogP) is 3.10. The zero-order valence-electron chi connectivity index (χ0n) is 14.2. The summed E-state index contributed by atoms with van der Waals surface area (Å²) < 4.78 is 15.1. The second-order valence-electron chi connectivity index (χ2n) is 4.83. The Morgan fingerprint density at radius 1 is 1.19 bits per heavy atom. The molecule has 0 aliphatic heterocycles. The maximum absolute atomic E-state index is 12.5. The fourth-order valence-corrected chi connectivity index (χ4v) is 2.93. The average molecular weight is 380 g/mol. The number of carbonyl (C=O) groups is 2. The molecule has 138 valence electrons. The number of rotatable bonds is 7. The molecule has 1 N–H and O–H groups in total. The van der Waals surface area contributed by atoms with E-state index in [-0.39, 0.29) is 27.7 Å². The number of benzene rings is 1. The molecule has 0 radical (unpaired) electrons. The van der Waals surface area contributed by atoms with Crippen LogP contribution in [0.5, 0.6) is 11.5 Å². The Bertz CT molecular complexity index is 847. The van der Waals surface area contributed by atoms with Crippen molar-refractivity contribution in [3.8, 4) is 11.5 Å². The van der Waals surface area contributed by atoms with Crippen molar-refractivity contribution < 1.29 is 28.7 Å². The molecule has 2 aromatic rings. The number of nitro groups is 1. The molecule has 9 nitrogen and oxygen atoms in total. The summed E-state index contributed by atoms with van der Waals surface area (Å²) in [5, 5.41) is 13.2. The highest BCUT2D eigenvalue weighted by atomic mass is 32.1. The Balaban J connectivity index is 2.33. The lowest BCUT2D eigenvalue weighted by molar-refractivity contribution is -0.380. The van der Waals surface area contributed by atoms with Gasteiger partial charge in [0.2, 0.25) is 0 Å². The first-order chi connectivity index (χ1) is 12.4. The second-order valence-corrected chi connectivity index (χ2v) is 5.86. The molecule has 0 atom stereocenters. The van der Waals surface area contributed by atoms with Gasteiger partial charge >= 0.3 is 11.0 Å². The molecule has 0 fully saturated rings. The van der Waals surface area contributed by atoms with Gasteiger partial charge in [-0.25, -0.2) is 4.79 Å². The maximum Gasteiger partial charge on any atom is 0.341 e. The zero-order valence-corrected chi connectivity index (χ0v) is 15.0. The summed E-state index contributed by atoms with van der Waals surface area (Å²) in [4.78, 5) is 34.8. The van der Waals surface area contributed by atoms with Crippen molar-refractivity contribution in [2.24, 2.45) is 0 Å². The van der Waals surface area contributed by atoms with E-state index in [0.29, 0.717) is 22.8 Å². The largest absolute Gasteiger partial charge is 0.493 e. The lowest BCUT2D eigenvalue weighted by Gasteiger charge is -2.10. The summed E-state index contributed by atoms with van der Waals surface area (Å²) in [7, 11) is 2.90. The van der Waals surface area contributed by atoms with Gasteiger partial charge in [0.05, 0.1) is 25.7 Å². The number of carbonyl (C=O) groups excluding carboxylic acids is 2. The van der Waals surface area contributed by atoms with Gasteiger partial charge in [0, 0.05) is 11.6 Å². The summed E-state index contributed by atoms with van der Waals surface area (Å²) >= 11 is 0.675. The molecule has 26 heavy (non-hydrogen) atoms. The van der Waals surface area contributed by atoms with Gasteiger partial charge in [-0.3, -0.25) is 14.9 Å². The molecule has 1 heterocycles. The molecule has 0 saturated heterocycles. The number of ether oxygens (including phenoxy) is 3. The smallest absolute Gasteiger partial charge is 0.341 e. The van der Waals surface area contributed by atoms with Gasteiger partial charge < -0.3 is 19.5 Å². The first kappa shape index (κ1) is 19.2. The van der Waals surface area contributed by atoms with Crippen molar-refractivity contribution >= 4 is 33.2 Å². The third kappa shape index (κ3) is 4.09. The van der Waals surface area contributed by atoms with E-state index in [9.17, 15) is 19.7 Å².